The summed E-state index contributed by atoms with van der Waals surface area (Å²) in [5.74, 6) is 0.553. The Hall–Kier alpha value is -1.64. The van der Waals surface area contributed by atoms with Gasteiger partial charge in [0.15, 0.2) is 5.96 Å². The minimum absolute atomic E-state index is 0. The molecule has 0 bridgehead atoms. The van der Waals surface area contributed by atoms with Crippen molar-refractivity contribution in [3.8, 4) is 5.69 Å². The highest BCUT2D eigenvalue weighted by Crippen LogP contribution is 2.17. The normalized spacial score (nSPS) is 16.2. The lowest BCUT2D eigenvalue weighted by Crippen LogP contribution is -2.39. The largest absolute Gasteiger partial charge is 0.370 e. The molecule has 6 nitrogen and oxygen atoms in total. The first-order valence-corrected chi connectivity index (χ1v) is 8.32. The number of aromatic nitrogens is 3. The number of aliphatic imine (C=N–C) groups is 1. The van der Waals surface area contributed by atoms with Crippen molar-refractivity contribution >= 4 is 29.9 Å². The third-order valence-electron chi connectivity index (χ3n) is 4.26. The molecule has 0 unspecified atom stereocenters. The molecule has 7 heteroatoms. The molecule has 0 atom stereocenters. The van der Waals surface area contributed by atoms with Gasteiger partial charge in [0, 0.05) is 6.04 Å². The molecule has 3 rings (SSSR count). The average Bonchev–Trinajstić information content (AvgIpc) is 2.99. The molecule has 0 amide bonds. The summed E-state index contributed by atoms with van der Waals surface area (Å²) in [6.45, 7) is 0.586. The van der Waals surface area contributed by atoms with Crippen molar-refractivity contribution in [1.29, 1.82) is 0 Å². The van der Waals surface area contributed by atoms with E-state index in [1.807, 2.05) is 24.3 Å². The Labute approximate surface area is 160 Å². The van der Waals surface area contributed by atoms with Gasteiger partial charge < -0.3 is 11.1 Å². The van der Waals surface area contributed by atoms with Crippen LogP contribution in [0.15, 0.2) is 41.9 Å². The van der Waals surface area contributed by atoms with Crippen LogP contribution in [-0.2, 0) is 6.54 Å². The van der Waals surface area contributed by atoms with E-state index in [1.54, 1.807) is 11.0 Å². The Morgan fingerprint density at radius 1 is 1.17 bits per heavy atom. The zero-order valence-corrected chi connectivity index (χ0v) is 16.1. The van der Waals surface area contributed by atoms with Crippen LogP contribution in [0.1, 0.15) is 44.1 Å². The van der Waals surface area contributed by atoms with Crippen molar-refractivity contribution < 1.29 is 0 Å². The maximum Gasteiger partial charge on any atom is 0.189 e. The van der Waals surface area contributed by atoms with Gasteiger partial charge in [-0.2, -0.15) is 5.10 Å². The third kappa shape index (κ3) is 5.47. The second-order valence-corrected chi connectivity index (χ2v) is 6.04. The maximum absolute atomic E-state index is 6.03. The van der Waals surface area contributed by atoms with Crippen LogP contribution >= 0.6 is 24.0 Å². The van der Waals surface area contributed by atoms with Crippen LogP contribution < -0.4 is 11.1 Å². The number of hydrogen-bond acceptors (Lipinski definition) is 3. The molecular weight excluding hydrogens is 415 g/mol. The van der Waals surface area contributed by atoms with Gasteiger partial charge in [0.2, 0.25) is 0 Å². The quantitative estimate of drug-likeness (QED) is 0.332. The average molecular weight is 440 g/mol. The van der Waals surface area contributed by atoms with Crippen LogP contribution in [0.2, 0.25) is 0 Å². The standard InChI is InChI=1S/C17H24N6.HI/c18-17(22-15-5-3-1-2-4-6-15)20-11-14-7-9-16(10-8-14)23-13-19-12-21-23;/h7-10,12-13,15H,1-6,11H2,(H3,18,20,22);1H. The zero-order chi connectivity index (χ0) is 15.9. The van der Waals surface area contributed by atoms with Crippen molar-refractivity contribution in [1.82, 2.24) is 20.1 Å². The van der Waals surface area contributed by atoms with Gasteiger partial charge in [0.25, 0.3) is 0 Å². The fraction of sp³-hybridized carbons (Fsp3) is 0.471. The summed E-state index contributed by atoms with van der Waals surface area (Å²) >= 11 is 0. The predicted molar refractivity (Wildman–Crippen MR) is 107 cm³/mol. The topological polar surface area (TPSA) is 81.1 Å². The van der Waals surface area contributed by atoms with Crippen molar-refractivity contribution in [2.75, 3.05) is 0 Å². The number of guanidine groups is 1. The minimum atomic E-state index is 0. The zero-order valence-electron chi connectivity index (χ0n) is 13.8. The van der Waals surface area contributed by atoms with E-state index in [0.717, 1.165) is 11.3 Å². The molecule has 1 fully saturated rings. The van der Waals surface area contributed by atoms with Crippen molar-refractivity contribution in [2.45, 2.75) is 51.1 Å². The van der Waals surface area contributed by atoms with Gasteiger partial charge in [-0.15, -0.1) is 24.0 Å². The summed E-state index contributed by atoms with van der Waals surface area (Å²) in [5.41, 5.74) is 8.14. The van der Waals surface area contributed by atoms with Crippen LogP contribution in [0, 0.1) is 0 Å². The molecule has 1 aromatic heterocycles. The summed E-state index contributed by atoms with van der Waals surface area (Å²) in [6.07, 6.45) is 10.9. The molecule has 2 aromatic rings. The number of hydrogen-bond donors (Lipinski definition) is 2. The minimum Gasteiger partial charge on any atom is -0.370 e. The number of nitrogens with zero attached hydrogens (tertiary/aromatic N) is 4. The van der Waals surface area contributed by atoms with Crippen LogP contribution in [0.3, 0.4) is 0 Å². The molecule has 130 valence electrons. The lowest BCUT2D eigenvalue weighted by molar-refractivity contribution is 0.530. The third-order valence-corrected chi connectivity index (χ3v) is 4.26. The molecule has 0 spiro atoms. The number of halogens is 1. The highest BCUT2D eigenvalue weighted by Gasteiger charge is 2.12. The first-order valence-electron chi connectivity index (χ1n) is 8.32. The van der Waals surface area contributed by atoms with Gasteiger partial charge in [-0.05, 0) is 30.5 Å². The molecule has 0 saturated heterocycles. The first kappa shape index (κ1) is 18.7. The van der Waals surface area contributed by atoms with E-state index >= 15 is 0 Å². The van der Waals surface area contributed by atoms with E-state index < -0.39 is 0 Å². The van der Waals surface area contributed by atoms with Crippen LogP contribution in [-0.4, -0.2) is 26.8 Å². The van der Waals surface area contributed by atoms with Crippen LogP contribution in [0.25, 0.3) is 5.69 Å². The van der Waals surface area contributed by atoms with Gasteiger partial charge in [-0.1, -0.05) is 37.8 Å². The Kier molecular flexibility index (Phi) is 7.48. The fourth-order valence-corrected chi connectivity index (χ4v) is 2.95. The second kappa shape index (κ2) is 9.61. The summed E-state index contributed by atoms with van der Waals surface area (Å²) in [5, 5.41) is 7.48. The van der Waals surface area contributed by atoms with E-state index in [-0.39, 0.29) is 24.0 Å². The monoisotopic (exact) mass is 440 g/mol. The SMILES string of the molecule is I.NC(=NCc1ccc(-n2cncn2)cc1)NC1CCCCCC1. The summed E-state index contributed by atoms with van der Waals surface area (Å²) in [4.78, 5) is 8.41. The van der Waals surface area contributed by atoms with Crippen LogP contribution in [0.5, 0.6) is 0 Å². The Balaban J connectivity index is 0.00000208. The smallest absolute Gasteiger partial charge is 0.189 e. The molecule has 3 N–H and O–H groups in total. The summed E-state index contributed by atoms with van der Waals surface area (Å²) < 4.78 is 1.73. The summed E-state index contributed by atoms with van der Waals surface area (Å²) in [6, 6.07) is 8.58. The van der Waals surface area contributed by atoms with E-state index in [1.165, 1.54) is 44.9 Å². The fourth-order valence-electron chi connectivity index (χ4n) is 2.95. The number of benzene rings is 1. The van der Waals surface area contributed by atoms with Gasteiger partial charge in [0.1, 0.15) is 12.7 Å². The molecule has 1 aromatic carbocycles. The maximum atomic E-state index is 6.03. The van der Waals surface area contributed by atoms with E-state index in [9.17, 15) is 0 Å². The van der Waals surface area contributed by atoms with E-state index in [0.29, 0.717) is 18.5 Å². The molecule has 1 aliphatic rings. The molecule has 1 aliphatic carbocycles. The molecule has 24 heavy (non-hydrogen) atoms. The number of nitrogens with two attached hydrogens (primary N) is 1. The predicted octanol–water partition coefficient (Wildman–Crippen LogP) is 3.01. The van der Waals surface area contributed by atoms with Crippen molar-refractivity contribution in [2.24, 2.45) is 10.7 Å². The number of nitrogens with one attached hydrogen (secondary N) is 1. The molecule has 0 radical (unpaired) electrons. The van der Waals surface area contributed by atoms with E-state index in [4.69, 9.17) is 5.73 Å². The Morgan fingerprint density at radius 3 is 2.50 bits per heavy atom. The van der Waals surface area contributed by atoms with Gasteiger partial charge in [-0.3, -0.25) is 0 Å². The highest BCUT2D eigenvalue weighted by molar-refractivity contribution is 14.0. The lowest BCUT2D eigenvalue weighted by atomic mass is 10.1. The van der Waals surface area contributed by atoms with Crippen molar-refractivity contribution in [3.05, 3.63) is 42.5 Å². The second-order valence-electron chi connectivity index (χ2n) is 6.04. The van der Waals surface area contributed by atoms with Gasteiger partial charge in [0.05, 0.1) is 12.2 Å². The molecule has 1 heterocycles. The van der Waals surface area contributed by atoms with Gasteiger partial charge in [-0.25, -0.2) is 14.7 Å². The Morgan fingerprint density at radius 2 is 1.88 bits per heavy atom. The summed E-state index contributed by atoms with van der Waals surface area (Å²) in [7, 11) is 0. The first-order chi connectivity index (χ1) is 11.3. The lowest BCUT2D eigenvalue weighted by Gasteiger charge is -2.16. The van der Waals surface area contributed by atoms with E-state index in [2.05, 4.69) is 20.4 Å². The molecule has 0 aliphatic heterocycles. The van der Waals surface area contributed by atoms with Crippen molar-refractivity contribution in [3.63, 3.8) is 0 Å². The Bertz CT molecular complexity index is 615. The molecule has 1 saturated carbocycles. The highest BCUT2D eigenvalue weighted by atomic mass is 127. The number of rotatable bonds is 4. The van der Waals surface area contributed by atoms with Gasteiger partial charge >= 0.3 is 0 Å². The molecular formula is C17H25IN6. The van der Waals surface area contributed by atoms with Crippen LogP contribution in [0.4, 0.5) is 0 Å².